The molecule has 0 bridgehead atoms. The molecule has 0 saturated carbocycles. The molecule has 0 fully saturated rings. The quantitative estimate of drug-likeness (QED) is 0.686. The maximum Gasteiger partial charge on any atom is 0.0827 e. The molecule has 0 aliphatic rings. The van der Waals surface area contributed by atoms with Gasteiger partial charge in [-0.1, -0.05) is 5.21 Å². The number of nitrogens with zero attached hydrogens (tertiary/aromatic N) is 3. The van der Waals surface area contributed by atoms with Gasteiger partial charge >= 0.3 is 0 Å². The van der Waals surface area contributed by atoms with E-state index in [9.17, 15) is 0 Å². The molecule has 0 radical (unpaired) electrons. The Morgan fingerprint density at radius 1 is 1.50 bits per heavy atom. The molecule has 4 nitrogen and oxygen atoms in total. The Morgan fingerprint density at radius 3 is 3.07 bits per heavy atom. The maximum absolute atomic E-state index is 5.42. The second-order valence-electron chi connectivity index (χ2n) is 3.21. The third-order valence-electron chi connectivity index (χ3n) is 1.96. The Kier molecular flexibility index (Phi) is 5.63. The minimum atomic E-state index is 0.722. The van der Waals surface area contributed by atoms with Crippen LogP contribution in [0.2, 0.25) is 0 Å². The highest BCUT2D eigenvalue weighted by Crippen LogP contribution is 2.00. The zero-order chi connectivity index (χ0) is 10.2. The van der Waals surface area contributed by atoms with Crippen molar-refractivity contribution in [3.8, 4) is 0 Å². The molecule has 0 spiro atoms. The average molecular weight is 214 g/mol. The lowest BCUT2D eigenvalue weighted by molar-refractivity contribution is 0.582. The Bertz CT molecular complexity index is 249. The number of aromatic nitrogens is 3. The van der Waals surface area contributed by atoms with Crippen LogP contribution in [0, 0.1) is 0 Å². The first-order chi connectivity index (χ1) is 6.86. The monoisotopic (exact) mass is 214 g/mol. The van der Waals surface area contributed by atoms with E-state index in [0.29, 0.717) is 0 Å². The van der Waals surface area contributed by atoms with Gasteiger partial charge in [0.25, 0.3) is 0 Å². The third-order valence-corrected chi connectivity index (χ3v) is 2.66. The van der Waals surface area contributed by atoms with Crippen LogP contribution in [0.15, 0.2) is 6.20 Å². The minimum absolute atomic E-state index is 0.722. The van der Waals surface area contributed by atoms with Gasteiger partial charge in [-0.05, 0) is 37.8 Å². The Labute approximate surface area is 89.2 Å². The van der Waals surface area contributed by atoms with Gasteiger partial charge in [-0.2, -0.15) is 11.8 Å². The fourth-order valence-electron chi connectivity index (χ4n) is 1.22. The first kappa shape index (κ1) is 11.5. The summed E-state index contributed by atoms with van der Waals surface area (Å²) in [5.41, 5.74) is 6.48. The van der Waals surface area contributed by atoms with Crippen LogP contribution in [0.3, 0.4) is 0 Å². The SMILES string of the molecule is CSCCCn1cc(CCCN)nn1. The van der Waals surface area contributed by atoms with E-state index in [1.165, 1.54) is 5.75 Å². The summed E-state index contributed by atoms with van der Waals surface area (Å²) in [5.74, 6) is 1.18. The van der Waals surface area contributed by atoms with E-state index in [4.69, 9.17) is 5.73 Å². The summed E-state index contributed by atoms with van der Waals surface area (Å²) in [4.78, 5) is 0. The first-order valence-corrected chi connectivity index (χ1v) is 6.34. The smallest absolute Gasteiger partial charge is 0.0827 e. The fraction of sp³-hybridized carbons (Fsp3) is 0.778. The summed E-state index contributed by atoms with van der Waals surface area (Å²) in [5, 5.41) is 8.14. The van der Waals surface area contributed by atoms with E-state index in [1.54, 1.807) is 0 Å². The highest BCUT2D eigenvalue weighted by atomic mass is 32.2. The van der Waals surface area contributed by atoms with E-state index < -0.39 is 0 Å². The molecule has 0 unspecified atom stereocenters. The largest absolute Gasteiger partial charge is 0.330 e. The molecule has 1 aromatic heterocycles. The van der Waals surface area contributed by atoms with E-state index in [1.807, 2.05) is 22.6 Å². The lowest BCUT2D eigenvalue weighted by Crippen LogP contribution is -2.00. The van der Waals surface area contributed by atoms with Crippen molar-refractivity contribution in [2.24, 2.45) is 5.73 Å². The van der Waals surface area contributed by atoms with Crippen LogP contribution in [0.4, 0.5) is 0 Å². The van der Waals surface area contributed by atoms with Gasteiger partial charge in [0, 0.05) is 12.7 Å². The fourth-order valence-corrected chi connectivity index (χ4v) is 1.63. The number of hydrogen-bond donors (Lipinski definition) is 1. The van der Waals surface area contributed by atoms with E-state index in [0.717, 1.165) is 38.0 Å². The van der Waals surface area contributed by atoms with Crippen LogP contribution in [0.5, 0.6) is 0 Å². The van der Waals surface area contributed by atoms with Crippen molar-refractivity contribution in [1.29, 1.82) is 0 Å². The maximum atomic E-state index is 5.42. The number of rotatable bonds is 7. The van der Waals surface area contributed by atoms with E-state index in [-0.39, 0.29) is 0 Å². The zero-order valence-electron chi connectivity index (χ0n) is 8.65. The minimum Gasteiger partial charge on any atom is -0.330 e. The van der Waals surface area contributed by atoms with Crippen LogP contribution in [0.1, 0.15) is 18.5 Å². The Balaban J connectivity index is 2.27. The molecule has 14 heavy (non-hydrogen) atoms. The van der Waals surface area contributed by atoms with Gasteiger partial charge in [0.1, 0.15) is 0 Å². The van der Waals surface area contributed by atoms with Crippen LogP contribution < -0.4 is 5.73 Å². The molecule has 2 N–H and O–H groups in total. The lowest BCUT2D eigenvalue weighted by atomic mass is 10.2. The van der Waals surface area contributed by atoms with Crippen LogP contribution in [-0.4, -0.2) is 33.5 Å². The van der Waals surface area contributed by atoms with Crippen molar-refractivity contribution in [2.75, 3.05) is 18.6 Å². The topological polar surface area (TPSA) is 56.7 Å². The number of hydrogen-bond acceptors (Lipinski definition) is 4. The molecule has 80 valence electrons. The van der Waals surface area contributed by atoms with Crippen LogP contribution in [0.25, 0.3) is 0 Å². The van der Waals surface area contributed by atoms with Crippen molar-refractivity contribution < 1.29 is 0 Å². The summed E-state index contributed by atoms with van der Waals surface area (Å²) < 4.78 is 1.92. The van der Waals surface area contributed by atoms with E-state index in [2.05, 4.69) is 16.6 Å². The van der Waals surface area contributed by atoms with Crippen molar-refractivity contribution in [3.63, 3.8) is 0 Å². The summed E-state index contributed by atoms with van der Waals surface area (Å²) in [6.45, 7) is 1.69. The molecule has 0 atom stereocenters. The van der Waals surface area contributed by atoms with Gasteiger partial charge in [-0.25, -0.2) is 0 Å². The highest BCUT2D eigenvalue weighted by molar-refractivity contribution is 7.98. The predicted octanol–water partition coefficient (Wildman–Crippen LogP) is 0.922. The average Bonchev–Trinajstić information content (AvgIpc) is 2.63. The molecule has 0 aliphatic carbocycles. The van der Waals surface area contributed by atoms with Gasteiger partial charge in [0.2, 0.25) is 0 Å². The Hall–Kier alpha value is -0.550. The molecule has 1 heterocycles. The molecule has 5 heteroatoms. The van der Waals surface area contributed by atoms with Crippen molar-refractivity contribution in [1.82, 2.24) is 15.0 Å². The summed E-state index contributed by atoms with van der Waals surface area (Å²) in [7, 11) is 0. The molecule has 1 aromatic rings. The van der Waals surface area contributed by atoms with E-state index >= 15 is 0 Å². The number of nitrogens with two attached hydrogens (primary N) is 1. The van der Waals surface area contributed by atoms with Crippen LogP contribution in [-0.2, 0) is 13.0 Å². The number of aryl methyl sites for hydroxylation is 2. The van der Waals surface area contributed by atoms with Gasteiger partial charge < -0.3 is 5.73 Å². The first-order valence-electron chi connectivity index (χ1n) is 4.95. The van der Waals surface area contributed by atoms with Gasteiger partial charge in [-0.3, -0.25) is 4.68 Å². The van der Waals surface area contributed by atoms with Crippen LogP contribution >= 0.6 is 11.8 Å². The summed E-state index contributed by atoms with van der Waals surface area (Å²) >= 11 is 1.86. The number of thioether (sulfide) groups is 1. The molecule has 0 aliphatic heterocycles. The van der Waals surface area contributed by atoms with Crippen molar-refractivity contribution >= 4 is 11.8 Å². The van der Waals surface area contributed by atoms with Crippen molar-refractivity contribution in [3.05, 3.63) is 11.9 Å². The third kappa shape index (κ3) is 4.11. The molecule has 0 amide bonds. The normalized spacial score (nSPS) is 10.7. The predicted molar refractivity (Wildman–Crippen MR) is 60.4 cm³/mol. The summed E-state index contributed by atoms with van der Waals surface area (Å²) in [6, 6.07) is 0. The Morgan fingerprint density at radius 2 is 2.36 bits per heavy atom. The molecule has 0 saturated heterocycles. The molecule has 0 aromatic carbocycles. The van der Waals surface area contributed by atoms with Gasteiger partial charge in [0.15, 0.2) is 0 Å². The summed E-state index contributed by atoms with van der Waals surface area (Å²) in [6.07, 6.45) is 7.23. The molecule has 1 rings (SSSR count). The lowest BCUT2D eigenvalue weighted by Gasteiger charge is -1.97. The van der Waals surface area contributed by atoms with Gasteiger partial charge in [0.05, 0.1) is 5.69 Å². The molecular formula is C9H18N4S. The zero-order valence-corrected chi connectivity index (χ0v) is 9.46. The van der Waals surface area contributed by atoms with Crippen molar-refractivity contribution in [2.45, 2.75) is 25.8 Å². The second-order valence-corrected chi connectivity index (χ2v) is 4.20. The standard InChI is InChI=1S/C9H18N4S/c1-14-7-3-6-13-8-9(11-12-13)4-2-5-10/h8H,2-7,10H2,1H3. The highest BCUT2D eigenvalue weighted by Gasteiger charge is 1.99. The second kappa shape index (κ2) is 6.84. The molecular weight excluding hydrogens is 196 g/mol. The van der Waals surface area contributed by atoms with Gasteiger partial charge in [-0.15, -0.1) is 5.10 Å².